The van der Waals surface area contributed by atoms with E-state index in [0.717, 1.165) is 24.6 Å². The first-order valence-corrected chi connectivity index (χ1v) is 6.50. The Morgan fingerprint density at radius 2 is 1.74 bits per heavy atom. The van der Waals surface area contributed by atoms with Crippen LogP contribution in [0.15, 0.2) is 0 Å². The number of ether oxygens (including phenoxy) is 1. The second-order valence-corrected chi connectivity index (χ2v) is 4.66. The lowest BCUT2D eigenvalue weighted by Crippen LogP contribution is -2.44. The average molecular weight is 276 g/mol. The minimum atomic E-state index is -0.354. The van der Waals surface area contributed by atoms with Crippen LogP contribution in [0.2, 0.25) is 0 Å². The summed E-state index contributed by atoms with van der Waals surface area (Å²) in [5.74, 6) is 0. The van der Waals surface area contributed by atoms with Gasteiger partial charge in [-0.25, -0.2) is 9.86 Å². The fraction of sp³-hybridized carbons (Fsp3) is 0.846. The Morgan fingerprint density at radius 3 is 1.89 bits per heavy atom. The standard InChI is InChI=1S/C8H15NO2.C3H7NO2.C2H6/c1-8(2,3)11-7(10)9-5-4-6-9;1-4(3-5)6-2;1-2/h4-6H2,1-3H3;3H,1-2H3;1-2H3. The molecule has 0 unspecified atom stereocenters. The molecule has 0 aromatic rings. The predicted molar refractivity (Wildman–Crippen MR) is 74.6 cm³/mol. The van der Waals surface area contributed by atoms with Gasteiger partial charge < -0.3 is 9.64 Å². The summed E-state index contributed by atoms with van der Waals surface area (Å²) in [4.78, 5) is 26.8. The largest absolute Gasteiger partial charge is 0.444 e. The molecule has 6 heteroatoms. The highest BCUT2D eigenvalue weighted by Gasteiger charge is 2.25. The number of likely N-dealkylation sites (tertiary alicyclic amines) is 1. The molecule has 0 radical (unpaired) electrons. The Balaban J connectivity index is 0. The molecular weight excluding hydrogens is 248 g/mol. The first-order chi connectivity index (χ1) is 8.80. The van der Waals surface area contributed by atoms with Crippen LogP contribution in [-0.4, -0.2) is 55.3 Å². The maximum atomic E-state index is 11.1. The van der Waals surface area contributed by atoms with Gasteiger partial charge in [-0.15, -0.1) is 0 Å². The molecule has 0 N–H and O–H groups in total. The molecule has 1 rings (SSSR count). The summed E-state index contributed by atoms with van der Waals surface area (Å²) in [7, 11) is 2.95. The number of amides is 2. The van der Waals surface area contributed by atoms with Gasteiger partial charge in [0.25, 0.3) is 0 Å². The third kappa shape index (κ3) is 11.5. The van der Waals surface area contributed by atoms with Crippen molar-refractivity contribution in [3.8, 4) is 0 Å². The van der Waals surface area contributed by atoms with Crippen LogP contribution in [0.4, 0.5) is 4.79 Å². The zero-order valence-electron chi connectivity index (χ0n) is 13.2. The smallest absolute Gasteiger partial charge is 0.410 e. The molecular formula is C13H28N2O4. The van der Waals surface area contributed by atoms with Crippen LogP contribution in [0.3, 0.4) is 0 Å². The third-order valence-electron chi connectivity index (χ3n) is 1.94. The number of hydrogen-bond acceptors (Lipinski definition) is 4. The van der Waals surface area contributed by atoms with Gasteiger partial charge >= 0.3 is 6.09 Å². The van der Waals surface area contributed by atoms with Crippen LogP contribution in [0.1, 0.15) is 41.0 Å². The second kappa shape index (κ2) is 10.6. The van der Waals surface area contributed by atoms with Crippen molar-refractivity contribution in [3.63, 3.8) is 0 Å². The first-order valence-electron chi connectivity index (χ1n) is 6.50. The van der Waals surface area contributed by atoms with Crippen molar-refractivity contribution in [2.75, 3.05) is 27.2 Å². The zero-order valence-corrected chi connectivity index (χ0v) is 13.2. The van der Waals surface area contributed by atoms with Crippen molar-refractivity contribution < 1.29 is 19.2 Å². The quantitative estimate of drug-likeness (QED) is 0.573. The number of carbonyl (C=O) groups is 2. The van der Waals surface area contributed by atoms with E-state index in [1.54, 1.807) is 4.90 Å². The molecule has 0 bridgehead atoms. The van der Waals surface area contributed by atoms with Crippen LogP contribution < -0.4 is 0 Å². The number of carbonyl (C=O) groups excluding carboxylic acids is 2. The zero-order chi connectivity index (χ0) is 15.5. The van der Waals surface area contributed by atoms with E-state index in [-0.39, 0.29) is 11.7 Å². The van der Waals surface area contributed by atoms with Gasteiger partial charge in [0.05, 0.1) is 7.11 Å². The van der Waals surface area contributed by atoms with Crippen LogP contribution >= 0.6 is 0 Å². The van der Waals surface area contributed by atoms with E-state index in [4.69, 9.17) is 4.74 Å². The highest BCUT2D eigenvalue weighted by atomic mass is 16.7. The molecule has 1 aliphatic heterocycles. The van der Waals surface area contributed by atoms with Gasteiger partial charge in [-0.05, 0) is 27.2 Å². The molecule has 1 saturated heterocycles. The normalized spacial score (nSPS) is 12.9. The van der Waals surface area contributed by atoms with E-state index in [2.05, 4.69) is 4.84 Å². The molecule has 0 aliphatic carbocycles. The number of rotatable bonds is 2. The van der Waals surface area contributed by atoms with Gasteiger partial charge in [0.15, 0.2) is 0 Å². The fourth-order valence-corrected chi connectivity index (χ4v) is 0.868. The van der Waals surface area contributed by atoms with E-state index in [0.29, 0.717) is 6.41 Å². The molecule has 0 aromatic heterocycles. The highest BCUT2D eigenvalue weighted by Crippen LogP contribution is 2.13. The van der Waals surface area contributed by atoms with Crippen molar-refractivity contribution in [3.05, 3.63) is 0 Å². The molecule has 6 nitrogen and oxygen atoms in total. The molecule has 0 atom stereocenters. The van der Waals surface area contributed by atoms with Crippen molar-refractivity contribution >= 4 is 12.5 Å². The Morgan fingerprint density at radius 1 is 1.26 bits per heavy atom. The summed E-state index contributed by atoms with van der Waals surface area (Å²) >= 11 is 0. The minimum absolute atomic E-state index is 0.177. The summed E-state index contributed by atoms with van der Waals surface area (Å²) in [6, 6.07) is 0. The minimum Gasteiger partial charge on any atom is -0.444 e. The average Bonchev–Trinajstić information content (AvgIpc) is 2.26. The monoisotopic (exact) mass is 276 g/mol. The Labute approximate surface area is 116 Å². The molecule has 0 spiro atoms. The molecule has 2 amide bonds. The van der Waals surface area contributed by atoms with E-state index < -0.39 is 0 Å². The van der Waals surface area contributed by atoms with Gasteiger partial charge in [-0.2, -0.15) is 0 Å². The molecule has 0 aromatic carbocycles. The van der Waals surface area contributed by atoms with Crippen LogP contribution in [0.5, 0.6) is 0 Å². The third-order valence-corrected chi connectivity index (χ3v) is 1.94. The van der Waals surface area contributed by atoms with Gasteiger partial charge in [0, 0.05) is 20.1 Å². The molecule has 114 valence electrons. The molecule has 1 fully saturated rings. The van der Waals surface area contributed by atoms with E-state index >= 15 is 0 Å². The lowest BCUT2D eigenvalue weighted by Gasteiger charge is -2.32. The van der Waals surface area contributed by atoms with Crippen LogP contribution in [-0.2, 0) is 14.4 Å². The van der Waals surface area contributed by atoms with Crippen molar-refractivity contribution in [2.45, 2.75) is 46.6 Å². The predicted octanol–water partition coefficient (Wildman–Crippen LogP) is 2.29. The summed E-state index contributed by atoms with van der Waals surface area (Å²) in [6.07, 6.45) is 1.52. The second-order valence-electron chi connectivity index (χ2n) is 4.66. The summed E-state index contributed by atoms with van der Waals surface area (Å²) in [5, 5.41) is 1.07. The van der Waals surface area contributed by atoms with Gasteiger partial charge in [-0.1, -0.05) is 13.8 Å². The van der Waals surface area contributed by atoms with Gasteiger partial charge in [0.1, 0.15) is 5.60 Å². The first kappa shape index (κ1) is 20.0. The fourth-order valence-electron chi connectivity index (χ4n) is 0.868. The Bertz CT molecular complexity index is 248. The summed E-state index contributed by atoms with van der Waals surface area (Å²) in [5.41, 5.74) is -0.354. The van der Waals surface area contributed by atoms with Crippen LogP contribution in [0, 0.1) is 0 Å². The number of hydrogen-bond donors (Lipinski definition) is 0. The lowest BCUT2D eigenvalue weighted by atomic mass is 10.2. The van der Waals surface area contributed by atoms with Gasteiger partial charge in [0.2, 0.25) is 6.41 Å². The van der Waals surface area contributed by atoms with Crippen molar-refractivity contribution in [2.24, 2.45) is 0 Å². The SMILES string of the molecule is CC.CC(C)(C)OC(=O)N1CCC1.CON(C)C=O. The number of nitrogens with zero attached hydrogens (tertiary/aromatic N) is 2. The summed E-state index contributed by atoms with van der Waals surface area (Å²) in [6.45, 7) is 11.4. The van der Waals surface area contributed by atoms with Crippen molar-refractivity contribution in [1.29, 1.82) is 0 Å². The Kier molecular flexibility index (Phi) is 11.2. The maximum absolute atomic E-state index is 11.1. The maximum Gasteiger partial charge on any atom is 0.410 e. The topological polar surface area (TPSA) is 59.1 Å². The molecule has 0 saturated carbocycles. The molecule has 19 heavy (non-hydrogen) atoms. The highest BCUT2D eigenvalue weighted by molar-refractivity contribution is 5.68. The van der Waals surface area contributed by atoms with E-state index in [1.807, 2.05) is 34.6 Å². The van der Waals surface area contributed by atoms with Crippen molar-refractivity contribution in [1.82, 2.24) is 9.96 Å². The van der Waals surface area contributed by atoms with E-state index in [1.165, 1.54) is 14.2 Å². The van der Waals surface area contributed by atoms with Gasteiger partial charge in [-0.3, -0.25) is 9.63 Å². The summed E-state index contributed by atoms with van der Waals surface area (Å²) < 4.78 is 5.13. The number of hydroxylamine groups is 2. The molecule has 1 heterocycles. The molecule has 1 aliphatic rings. The van der Waals surface area contributed by atoms with Crippen LogP contribution in [0.25, 0.3) is 0 Å². The lowest BCUT2D eigenvalue weighted by molar-refractivity contribution is -0.153. The van der Waals surface area contributed by atoms with E-state index in [9.17, 15) is 9.59 Å². The Hall–Kier alpha value is -1.30.